The fourth-order valence-corrected chi connectivity index (χ4v) is 4.44. The average molecular weight is 309 g/mol. The minimum absolute atomic E-state index is 0.0946. The molecule has 0 spiro atoms. The van der Waals surface area contributed by atoms with Crippen molar-refractivity contribution in [3.8, 4) is 0 Å². The number of amides is 1. The van der Waals surface area contributed by atoms with Gasteiger partial charge in [0.1, 0.15) is 0 Å². The predicted molar refractivity (Wildman–Crippen MR) is 85.6 cm³/mol. The van der Waals surface area contributed by atoms with Crippen LogP contribution >= 0.6 is 0 Å². The Morgan fingerprint density at radius 2 is 2.00 bits per heavy atom. The number of hydrogen-bond acceptors (Lipinski definition) is 3. The molecule has 4 heteroatoms. The summed E-state index contributed by atoms with van der Waals surface area (Å²) in [5.74, 6) is 2.20. The lowest BCUT2D eigenvalue weighted by Gasteiger charge is -2.39. The van der Waals surface area contributed by atoms with E-state index in [4.69, 9.17) is 9.47 Å². The summed E-state index contributed by atoms with van der Waals surface area (Å²) in [5, 5.41) is 3.16. The summed E-state index contributed by atoms with van der Waals surface area (Å²) in [7, 11) is 0. The number of carbonyl (C=O) groups is 1. The molecule has 0 aromatic heterocycles. The van der Waals surface area contributed by atoms with Crippen molar-refractivity contribution in [3.63, 3.8) is 0 Å². The lowest BCUT2D eigenvalue weighted by Crippen LogP contribution is -2.43. The second kappa shape index (κ2) is 7.78. The van der Waals surface area contributed by atoms with E-state index in [1.165, 1.54) is 32.1 Å². The lowest BCUT2D eigenvalue weighted by molar-refractivity contribution is -0.128. The maximum absolute atomic E-state index is 12.5. The summed E-state index contributed by atoms with van der Waals surface area (Å²) in [6.07, 6.45) is 10.1. The van der Waals surface area contributed by atoms with Crippen LogP contribution < -0.4 is 5.32 Å². The fourth-order valence-electron chi connectivity index (χ4n) is 4.44. The van der Waals surface area contributed by atoms with Gasteiger partial charge in [-0.1, -0.05) is 25.7 Å². The molecule has 1 heterocycles. The molecule has 1 aliphatic heterocycles. The molecule has 5 atom stereocenters. The molecule has 4 nitrogen and oxygen atoms in total. The molecule has 2 aliphatic carbocycles. The van der Waals surface area contributed by atoms with Crippen molar-refractivity contribution in [1.29, 1.82) is 0 Å². The second-order valence-electron chi connectivity index (χ2n) is 7.54. The predicted octanol–water partition coefficient (Wildman–Crippen LogP) is 2.90. The molecule has 1 saturated heterocycles. The quantitative estimate of drug-likeness (QED) is 0.849. The van der Waals surface area contributed by atoms with Crippen LogP contribution in [0.25, 0.3) is 0 Å². The van der Waals surface area contributed by atoms with Gasteiger partial charge >= 0.3 is 0 Å². The molecule has 0 aromatic carbocycles. The van der Waals surface area contributed by atoms with Gasteiger partial charge in [-0.3, -0.25) is 4.79 Å². The topological polar surface area (TPSA) is 47.6 Å². The third kappa shape index (κ3) is 4.23. The molecule has 1 amide bonds. The van der Waals surface area contributed by atoms with Crippen LogP contribution in [-0.4, -0.2) is 37.9 Å². The molecule has 1 N–H and O–H groups in total. The second-order valence-corrected chi connectivity index (χ2v) is 7.54. The highest BCUT2D eigenvalue weighted by atomic mass is 16.5. The van der Waals surface area contributed by atoms with Crippen molar-refractivity contribution in [2.75, 3.05) is 19.8 Å². The Labute approximate surface area is 134 Å². The van der Waals surface area contributed by atoms with Gasteiger partial charge in [0, 0.05) is 18.6 Å². The summed E-state index contributed by atoms with van der Waals surface area (Å²) in [6, 6.07) is 0.0946. The Kier molecular flexibility index (Phi) is 5.75. The van der Waals surface area contributed by atoms with Gasteiger partial charge < -0.3 is 14.8 Å². The van der Waals surface area contributed by atoms with Crippen LogP contribution in [0.3, 0.4) is 0 Å². The molecule has 3 rings (SSSR count). The molecular formula is C18H31NO3. The highest BCUT2D eigenvalue weighted by molar-refractivity contribution is 5.79. The molecule has 2 saturated carbocycles. The van der Waals surface area contributed by atoms with Crippen LogP contribution in [0.5, 0.6) is 0 Å². The molecule has 0 unspecified atom stereocenters. The van der Waals surface area contributed by atoms with E-state index in [0.29, 0.717) is 13.2 Å². The van der Waals surface area contributed by atoms with Crippen molar-refractivity contribution in [1.82, 2.24) is 5.32 Å². The first-order chi connectivity index (χ1) is 10.7. The number of carbonyl (C=O) groups excluding carboxylic acids is 1. The van der Waals surface area contributed by atoms with E-state index in [1.54, 1.807) is 0 Å². The van der Waals surface area contributed by atoms with Gasteiger partial charge in [0.25, 0.3) is 0 Å². The van der Waals surface area contributed by atoms with Crippen LogP contribution in [0.15, 0.2) is 0 Å². The van der Waals surface area contributed by atoms with Crippen molar-refractivity contribution in [3.05, 3.63) is 0 Å². The molecule has 3 aliphatic rings. The smallest absolute Gasteiger partial charge is 0.223 e. The highest BCUT2D eigenvalue weighted by Gasteiger charge is 2.35. The van der Waals surface area contributed by atoms with Gasteiger partial charge in [-0.2, -0.15) is 0 Å². The van der Waals surface area contributed by atoms with Crippen molar-refractivity contribution in [2.45, 2.75) is 70.4 Å². The molecule has 0 aromatic rings. The van der Waals surface area contributed by atoms with E-state index in [2.05, 4.69) is 5.32 Å². The first kappa shape index (κ1) is 16.3. The highest BCUT2D eigenvalue weighted by Crippen LogP contribution is 2.42. The van der Waals surface area contributed by atoms with Gasteiger partial charge in [-0.15, -0.1) is 0 Å². The Hall–Kier alpha value is -0.610. The number of hydrogen-bond donors (Lipinski definition) is 1. The van der Waals surface area contributed by atoms with Crippen molar-refractivity contribution in [2.24, 2.45) is 17.8 Å². The van der Waals surface area contributed by atoms with E-state index in [-0.39, 0.29) is 24.0 Å². The lowest BCUT2D eigenvalue weighted by atomic mass is 9.67. The molecule has 3 fully saturated rings. The molecular weight excluding hydrogens is 278 g/mol. The maximum atomic E-state index is 12.5. The van der Waals surface area contributed by atoms with Crippen LogP contribution in [0, 0.1) is 17.8 Å². The number of nitrogens with one attached hydrogen (secondary N) is 1. The zero-order chi connectivity index (χ0) is 15.4. The summed E-state index contributed by atoms with van der Waals surface area (Å²) < 4.78 is 11.1. The largest absolute Gasteiger partial charge is 0.379 e. The standard InChI is InChI=1S/C18H31NO3/c1-13(11-22-17-8-9-21-12-17)19-18(20)16-7-6-14-4-2-3-5-15(14)10-16/h13-17H,2-12H2,1H3,(H,19,20)/t13-,14-,15+,16-,17-/m1/s1. The molecule has 126 valence electrons. The minimum atomic E-state index is 0.0946. The minimum Gasteiger partial charge on any atom is -0.379 e. The number of rotatable bonds is 5. The molecule has 0 radical (unpaired) electrons. The monoisotopic (exact) mass is 309 g/mol. The van der Waals surface area contributed by atoms with E-state index in [9.17, 15) is 4.79 Å². The fraction of sp³-hybridized carbons (Fsp3) is 0.944. The van der Waals surface area contributed by atoms with Gasteiger partial charge in [0.15, 0.2) is 0 Å². The van der Waals surface area contributed by atoms with Crippen molar-refractivity contribution < 1.29 is 14.3 Å². The van der Waals surface area contributed by atoms with E-state index < -0.39 is 0 Å². The van der Waals surface area contributed by atoms with Gasteiger partial charge in [0.05, 0.1) is 19.3 Å². The van der Waals surface area contributed by atoms with E-state index >= 15 is 0 Å². The number of ether oxygens (including phenoxy) is 2. The van der Waals surface area contributed by atoms with Crippen LogP contribution in [-0.2, 0) is 14.3 Å². The zero-order valence-corrected chi connectivity index (χ0v) is 13.9. The van der Waals surface area contributed by atoms with Crippen LogP contribution in [0.2, 0.25) is 0 Å². The Balaban J connectivity index is 1.39. The Morgan fingerprint density at radius 3 is 2.77 bits per heavy atom. The van der Waals surface area contributed by atoms with Gasteiger partial charge in [-0.05, 0) is 44.4 Å². The molecule has 0 bridgehead atoms. The van der Waals surface area contributed by atoms with Crippen molar-refractivity contribution >= 4 is 5.91 Å². The SMILES string of the molecule is C[C@H](CO[C@@H]1CCOC1)NC(=O)[C@@H]1CC[C@H]2CCCC[C@H]2C1. The summed E-state index contributed by atoms with van der Waals surface area (Å²) >= 11 is 0. The molecule has 22 heavy (non-hydrogen) atoms. The zero-order valence-electron chi connectivity index (χ0n) is 13.9. The third-order valence-corrected chi connectivity index (χ3v) is 5.77. The first-order valence-electron chi connectivity index (χ1n) is 9.22. The first-order valence-corrected chi connectivity index (χ1v) is 9.22. The van der Waals surface area contributed by atoms with Crippen LogP contribution in [0.1, 0.15) is 58.3 Å². The number of fused-ring (bicyclic) bond motifs is 1. The Bertz CT molecular complexity index is 367. The van der Waals surface area contributed by atoms with E-state index in [1.807, 2.05) is 6.92 Å². The average Bonchev–Trinajstić information content (AvgIpc) is 3.06. The maximum Gasteiger partial charge on any atom is 0.223 e. The summed E-state index contributed by atoms with van der Waals surface area (Å²) in [4.78, 5) is 12.5. The van der Waals surface area contributed by atoms with Crippen LogP contribution in [0.4, 0.5) is 0 Å². The van der Waals surface area contributed by atoms with Gasteiger partial charge in [0.2, 0.25) is 5.91 Å². The Morgan fingerprint density at radius 1 is 1.18 bits per heavy atom. The summed E-state index contributed by atoms with van der Waals surface area (Å²) in [5.41, 5.74) is 0. The van der Waals surface area contributed by atoms with E-state index in [0.717, 1.165) is 37.7 Å². The van der Waals surface area contributed by atoms with Gasteiger partial charge in [-0.25, -0.2) is 0 Å². The summed E-state index contributed by atoms with van der Waals surface area (Å²) in [6.45, 7) is 4.14. The normalized spacial score (nSPS) is 36.6. The third-order valence-electron chi connectivity index (χ3n) is 5.77.